The quantitative estimate of drug-likeness (QED) is 0.930. The SMILES string of the molecule is CCN(CC)C(=O)NCc1nc2ccccc2nc1C. The van der Waals surface area contributed by atoms with Crippen LogP contribution in [0.5, 0.6) is 0 Å². The van der Waals surface area contributed by atoms with E-state index in [0.717, 1.165) is 22.4 Å². The van der Waals surface area contributed by atoms with E-state index >= 15 is 0 Å². The molecule has 0 unspecified atom stereocenters. The molecule has 0 radical (unpaired) electrons. The number of nitrogens with zero attached hydrogens (tertiary/aromatic N) is 3. The fourth-order valence-electron chi connectivity index (χ4n) is 2.07. The third-order valence-electron chi connectivity index (χ3n) is 3.30. The average molecular weight is 272 g/mol. The molecule has 2 aromatic rings. The van der Waals surface area contributed by atoms with Crippen molar-refractivity contribution < 1.29 is 4.79 Å². The number of amides is 2. The zero-order valence-electron chi connectivity index (χ0n) is 12.2. The molecule has 1 aromatic heterocycles. The number of nitrogens with one attached hydrogen (secondary N) is 1. The zero-order valence-corrected chi connectivity index (χ0v) is 12.2. The molecule has 1 aromatic carbocycles. The van der Waals surface area contributed by atoms with Gasteiger partial charge in [-0.3, -0.25) is 0 Å². The Kier molecular flexibility index (Phi) is 4.50. The van der Waals surface area contributed by atoms with E-state index in [-0.39, 0.29) is 6.03 Å². The molecule has 1 N–H and O–H groups in total. The number of carbonyl (C=O) groups excluding carboxylic acids is 1. The maximum atomic E-state index is 11.9. The minimum atomic E-state index is -0.0654. The molecule has 0 aliphatic rings. The number of hydrogen-bond acceptors (Lipinski definition) is 3. The van der Waals surface area contributed by atoms with Gasteiger partial charge >= 0.3 is 6.03 Å². The number of benzene rings is 1. The van der Waals surface area contributed by atoms with Crippen molar-refractivity contribution in [2.75, 3.05) is 13.1 Å². The molecule has 0 atom stereocenters. The van der Waals surface area contributed by atoms with Crippen molar-refractivity contribution in [3.63, 3.8) is 0 Å². The number of aromatic nitrogens is 2. The lowest BCUT2D eigenvalue weighted by Crippen LogP contribution is -2.39. The monoisotopic (exact) mass is 272 g/mol. The third kappa shape index (κ3) is 3.04. The lowest BCUT2D eigenvalue weighted by Gasteiger charge is -2.19. The second-order valence-corrected chi connectivity index (χ2v) is 4.58. The summed E-state index contributed by atoms with van der Waals surface area (Å²) in [4.78, 5) is 22.7. The van der Waals surface area contributed by atoms with E-state index in [1.165, 1.54) is 0 Å². The van der Waals surface area contributed by atoms with Gasteiger partial charge in [0.2, 0.25) is 0 Å². The van der Waals surface area contributed by atoms with Gasteiger partial charge in [-0.15, -0.1) is 0 Å². The highest BCUT2D eigenvalue weighted by Crippen LogP contribution is 2.12. The summed E-state index contributed by atoms with van der Waals surface area (Å²) in [6.07, 6.45) is 0. The van der Waals surface area contributed by atoms with E-state index in [4.69, 9.17) is 0 Å². The minimum absolute atomic E-state index is 0.0654. The highest BCUT2D eigenvalue weighted by atomic mass is 16.2. The average Bonchev–Trinajstić information content (AvgIpc) is 2.46. The summed E-state index contributed by atoms with van der Waals surface area (Å²) in [6.45, 7) is 7.64. The van der Waals surface area contributed by atoms with E-state index in [1.807, 2.05) is 45.0 Å². The lowest BCUT2D eigenvalue weighted by atomic mass is 10.2. The Bertz CT molecular complexity index is 608. The molecule has 0 aliphatic heterocycles. The minimum Gasteiger partial charge on any atom is -0.332 e. The number of hydrogen-bond donors (Lipinski definition) is 1. The van der Waals surface area contributed by atoms with Crippen LogP contribution in [0.3, 0.4) is 0 Å². The molecular formula is C15H20N4O. The van der Waals surface area contributed by atoms with Gasteiger partial charge in [0.25, 0.3) is 0 Å². The lowest BCUT2D eigenvalue weighted by molar-refractivity contribution is 0.202. The Hall–Kier alpha value is -2.17. The summed E-state index contributed by atoms with van der Waals surface area (Å²) in [5.74, 6) is 0. The predicted octanol–water partition coefficient (Wildman–Crippen LogP) is 2.49. The van der Waals surface area contributed by atoms with Crippen molar-refractivity contribution in [3.05, 3.63) is 35.7 Å². The van der Waals surface area contributed by atoms with Crippen LogP contribution in [-0.2, 0) is 6.54 Å². The Morgan fingerprint density at radius 3 is 2.35 bits per heavy atom. The molecule has 2 amide bonds. The van der Waals surface area contributed by atoms with Crippen LogP contribution < -0.4 is 5.32 Å². The standard InChI is InChI=1S/C15H20N4O/c1-4-19(5-2)15(20)16-10-14-11(3)17-12-8-6-7-9-13(12)18-14/h6-9H,4-5,10H2,1-3H3,(H,16,20). The van der Waals surface area contributed by atoms with Crippen molar-refractivity contribution >= 4 is 17.1 Å². The Balaban J connectivity index is 2.13. The number of aryl methyl sites for hydroxylation is 1. The smallest absolute Gasteiger partial charge is 0.317 e. The molecule has 0 fully saturated rings. The molecule has 0 saturated carbocycles. The second kappa shape index (κ2) is 6.32. The van der Waals surface area contributed by atoms with Gasteiger partial charge in [-0.25, -0.2) is 14.8 Å². The van der Waals surface area contributed by atoms with Gasteiger partial charge in [0.05, 0.1) is 29.0 Å². The Morgan fingerprint density at radius 2 is 1.75 bits per heavy atom. The first-order valence-corrected chi connectivity index (χ1v) is 6.90. The molecule has 106 valence electrons. The predicted molar refractivity (Wildman–Crippen MR) is 79.4 cm³/mol. The summed E-state index contributed by atoms with van der Waals surface area (Å²) >= 11 is 0. The van der Waals surface area contributed by atoms with Gasteiger partial charge < -0.3 is 10.2 Å². The zero-order chi connectivity index (χ0) is 14.5. The number of fused-ring (bicyclic) bond motifs is 1. The molecule has 1 heterocycles. The van der Waals surface area contributed by atoms with Crippen molar-refractivity contribution in [2.24, 2.45) is 0 Å². The molecule has 5 heteroatoms. The first-order valence-electron chi connectivity index (χ1n) is 6.90. The first kappa shape index (κ1) is 14.2. The molecule has 0 aliphatic carbocycles. The molecule has 20 heavy (non-hydrogen) atoms. The van der Waals surface area contributed by atoms with Gasteiger partial charge in [-0.1, -0.05) is 12.1 Å². The summed E-state index contributed by atoms with van der Waals surface area (Å²) in [6, 6.07) is 7.68. The van der Waals surface area contributed by atoms with Crippen LogP contribution in [0, 0.1) is 6.92 Å². The third-order valence-corrected chi connectivity index (χ3v) is 3.30. The first-order chi connectivity index (χ1) is 9.65. The Labute approximate surface area is 119 Å². The molecule has 0 saturated heterocycles. The number of carbonyl (C=O) groups is 1. The maximum Gasteiger partial charge on any atom is 0.317 e. The van der Waals surface area contributed by atoms with E-state index in [9.17, 15) is 4.79 Å². The summed E-state index contributed by atoms with van der Waals surface area (Å²) in [5, 5.41) is 2.89. The highest BCUT2D eigenvalue weighted by Gasteiger charge is 2.10. The van der Waals surface area contributed by atoms with Crippen LogP contribution >= 0.6 is 0 Å². The number of urea groups is 1. The second-order valence-electron chi connectivity index (χ2n) is 4.58. The summed E-state index contributed by atoms with van der Waals surface area (Å²) < 4.78 is 0. The van der Waals surface area contributed by atoms with Gasteiger partial charge in [0, 0.05) is 13.1 Å². The summed E-state index contributed by atoms with van der Waals surface area (Å²) in [7, 11) is 0. The summed E-state index contributed by atoms with van der Waals surface area (Å²) in [5.41, 5.74) is 3.39. The number of rotatable bonds is 4. The highest BCUT2D eigenvalue weighted by molar-refractivity contribution is 5.75. The van der Waals surface area contributed by atoms with E-state index in [2.05, 4.69) is 15.3 Å². The van der Waals surface area contributed by atoms with E-state index < -0.39 is 0 Å². The molecule has 5 nitrogen and oxygen atoms in total. The van der Waals surface area contributed by atoms with Crippen LogP contribution in [0.4, 0.5) is 4.79 Å². The van der Waals surface area contributed by atoms with Crippen molar-refractivity contribution in [1.29, 1.82) is 0 Å². The van der Waals surface area contributed by atoms with Crippen LogP contribution in [0.15, 0.2) is 24.3 Å². The maximum absolute atomic E-state index is 11.9. The van der Waals surface area contributed by atoms with Gasteiger partial charge in [-0.05, 0) is 32.9 Å². The van der Waals surface area contributed by atoms with Crippen molar-refractivity contribution in [3.8, 4) is 0 Å². The van der Waals surface area contributed by atoms with Crippen LogP contribution in [-0.4, -0.2) is 34.0 Å². The molecule has 0 bridgehead atoms. The molecule has 2 rings (SSSR count). The van der Waals surface area contributed by atoms with Crippen LogP contribution in [0.2, 0.25) is 0 Å². The number of para-hydroxylation sites is 2. The van der Waals surface area contributed by atoms with Gasteiger partial charge in [-0.2, -0.15) is 0 Å². The van der Waals surface area contributed by atoms with E-state index in [1.54, 1.807) is 4.90 Å². The largest absolute Gasteiger partial charge is 0.332 e. The fraction of sp³-hybridized carbons (Fsp3) is 0.400. The molecular weight excluding hydrogens is 252 g/mol. The van der Waals surface area contributed by atoms with Gasteiger partial charge in [0.15, 0.2) is 0 Å². The normalized spacial score (nSPS) is 10.6. The van der Waals surface area contributed by atoms with Crippen molar-refractivity contribution in [1.82, 2.24) is 20.2 Å². The topological polar surface area (TPSA) is 58.1 Å². The van der Waals surface area contributed by atoms with Crippen LogP contribution in [0.25, 0.3) is 11.0 Å². The molecule has 0 spiro atoms. The fourth-order valence-corrected chi connectivity index (χ4v) is 2.07. The van der Waals surface area contributed by atoms with Crippen molar-refractivity contribution in [2.45, 2.75) is 27.3 Å². The van der Waals surface area contributed by atoms with Gasteiger partial charge in [0.1, 0.15) is 0 Å². The van der Waals surface area contributed by atoms with Crippen LogP contribution in [0.1, 0.15) is 25.2 Å². The van der Waals surface area contributed by atoms with E-state index in [0.29, 0.717) is 19.6 Å². The Morgan fingerprint density at radius 1 is 1.15 bits per heavy atom.